The molecule has 0 aromatic heterocycles. The second-order valence-corrected chi connectivity index (χ2v) is 8.24. The smallest absolute Gasteiger partial charge is 0.407 e. The zero-order chi connectivity index (χ0) is 18.7. The van der Waals surface area contributed by atoms with Gasteiger partial charge in [-0.15, -0.1) is 0 Å². The van der Waals surface area contributed by atoms with E-state index >= 15 is 0 Å². The maximum Gasteiger partial charge on any atom is 0.407 e. The number of nitrogens with zero attached hydrogens (tertiary/aromatic N) is 2. The number of nitriles is 1. The number of hydrogen-bond acceptors (Lipinski definition) is 5. The third-order valence-electron chi connectivity index (χ3n) is 5.92. The molecule has 3 fully saturated rings. The summed E-state index contributed by atoms with van der Waals surface area (Å²) >= 11 is 0. The molecule has 2 aliphatic carbocycles. The molecule has 2 amide bonds. The van der Waals surface area contributed by atoms with Crippen molar-refractivity contribution < 1.29 is 14.3 Å². The third-order valence-corrected chi connectivity index (χ3v) is 5.92. The summed E-state index contributed by atoms with van der Waals surface area (Å²) in [7, 11) is 0. The molecule has 0 aromatic carbocycles. The normalized spacial score (nSPS) is 33.2. The minimum Gasteiger partial charge on any atom is -0.446 e. The molecule has 1 aliphatic heterocycles. The van der Waals surface area contributed by atoms with E-state index in [4.69, 9.17) is 10.00 Å². The number of alkyl carbamates (subject to hydrolysis) is 1. The number of hydrogen-bond donors (Lipinski definition) is 2. The van der Waals surface area contributed by atoms with Gasteiger partial charge >= 0.3 is 6.09 Å². The lowest BCUT2D eigenvalue weighted by Crippen LogP contribution is -2.43. The molecule has 144 valence electrons. The first kappa shape index (κ1) is 19.0. The molecule has 26 heavy (non-hydrogen) atoms. The Morgan fingerprint density at radius 3 is 2.54 bits per heavy atom. The fourth-order valence-corrected chi connectivity index (χ4v) is 4.78. The van der Waals surface area contributed by atoms with Crippen molar-refractivity contribution in [3.63, 3.8) is 0 Å². The van der Waals surface area contributed by atoms with Crippen molar-refractivity contribution in [3.05, 3.63) is 0 Å². The Morgan fingerprint density at radius 2 is 1.92 bits per heavy atom. The average Bonchev–Trinajstić information content (AvgIpc) is 3.25. The predicted octanol–water partition coefficient (Wildman–Crippen LogP) is 1.78. The van der Waals surface area contributed by atoms with Gasteiger partial charge in [0.25, 0.3) is 0 Å². The van der Waals surface area contributed by atoms with E-state index in [1.165, 1.54) is 0 Å². The van der Waals surface area contributed by atoms with Gasteiger partial charge in [0.1, 0.15) is 12.1 Å². The molecule has 0 radical (unpaired) electrons. The van der Waals surface area contributed by atoms with Crippen LogP contribution >= 0.6 is 0 Å². The molecule has 1 unspecified atom stereocenters. The maximum absolute atomic E-state index is 12.3. The van der Waals surface area contributed by atoms with Gasteiger partial charge in [-0.05, 0) is 64.2 Å². The zero-order valence-electron chi connectivity index (χ0n) is 15.7. The van der Waals surface area contributed by atoms with Crippen LogP contribution in [-0.2, 0) is 9.53 Å². The monoisotopic (exact) mass is 362 g/mol. The highest BCUT2D eigenvalue weighted by atomic mass is 16.6. The summed E-state index contributed by atoms with van der Waals surface area (Å²) in [6.07, 6.45) is 5.33. The number of amides is 2. The topological polar surface area (TPSA) is 94.5 Å². The molecule has 5 atom stereocenters. The van der Waals surface area contributed by atoms with Crippen LogP contribution in [0.15, 0.2) is 0 Å². The fourth-order valence-electron chi connectivity index (χ4n) is 4.78. The number of likely N-dealkylation sites (tertiary alicyclic amines) is 1. The van der Waals surface area contributed by atoms with E-state index in [1.807, 2.05) is 13.8 Å². The van der Waals surface area contributed by atoms with E-state index in [9.17, 15) is 9.59 Å². The molecule has 2 N–H and O–H groups in total. The maximum atomic E-state index is 12.3. The van der Waals surface area contributed by atoms with E-state index in [0.29, 0.717) is 31.0 Å². The van der Waals surface area contributed by atoms with Gasteiger partial charge < -0.3 is 20.3 Å². The molecular formula is C19H30N4O3. The Bertz CT molecular complexity index is 560. The predicted molar refractivity (Wildman–Crippen MR) is 96.1 cm³/mol. The summed E-state index contributed by atoms with van der Waals surface area (Å²) in [5.41, 5.74) is 0. The number of ether oxygens (including phenoxy) is 1. The molecule has 2 saturated carbocycles. The van der Waals surface area contributed by atoms with Crippen LogP contribution in [0.1, 0.15) is 52.4 Å². The summed E-state index contributed by atoms with van der Waals surface area (Å²) in [5.74, 6) is 1.17. The molecule has 3 aliphatic rings. The number of fused-ring (bicyclic) bond motifs is 1. The molecule has 0 aromatic rings. The summed E-state index contributed by atoms with van der Waals surface area (Å²) in [6.45, 7) is 4.86. The standard InChI is InChI=1S/C19H30N4O3/c1-12(2)22-19(25)26-17-8-13-6-15(7-14(13)9-17)21-11-18(24)23-5-3-4-16(23)10-20/h12-17,21H,3-9,11H2,1-2H3,(H,22,25)/t13-,14+,15?,16-,17+/m0/s1. The highest BCUT2D eigenvalue weighted by Crippen LogP contribution is 2.45. The van der Waals surface area contributed by atoms with Gasteiger partial charge in [-0.1, -0.05) is 0 Å². The Kier molecular flexibility index (Phi) is 6.02. The van der Waals surface area contributed by atoms with Gasteiger partial charge in [0, 0.05) is 18.6 Å². The third kappa shape index (κ3) is 4.47. The van der Waals surface area contributed by atoms with Crippen LogP contribution in [0.2, 0.25) is 0 Å². The van der Waals surface area contributed by atoms with Gasteiger partial charge in [-0.25, -0.2) is 4.79 Å². The molecule has 3 rings (SSSR count). The Hall–Kier alpha value is -1.81. The highest BCUT2D eigenvalue weighted by molar-refractivity contribution is 5.79. The van der Waals surface area contributed by atoms with Crippen molar-refractivity contribution in [2.24, 2.45) is 11.8 Å². The van der Waals surface area contributed by atoms with Crippen molar-refractivity contribution in [2.75, 3.05) is 13.1 Å². The van der Waals surface area contributed by atoms with Crippen LogP contribution in [-0.4, -0.2) is 54.2 Å². The van der Waals surface area contributed by atoms with E-state index in [2.05, 4.69) is 16.7 Å². The lowest BCUT2D eigenvalue weighted by Gasteiger charge is -2.22. The Balaban J connectivity index is 1.38. The van der Waals surface area contributed by atoms with E-state index in [0.717, 1.165) is 38.5 Å². The molecule has 7 nitrogen and oxygen atoms in total. The fraction of sp³-hybridized carbons (Fsp3) is 0.842. The van der Waals surface area contributed by atoms with Crippen molar-refractivity contribution in [1.29, 1.82) is 5.26 Å². The largest absolute Gasteiger partial charge is 0.446 e. The molecular weight excluding hydrogens is 332 g/mol. The van der Waals surface area contributed by atoms with Gasteiger partial charge in [0.05, 0.1) is 12.6 Å². The van der Waals surface area contributed by atoms with Crippen LogP contribution in [0, 0.1) is 23.2 Å². The van der Waals surface area contributed by atoms with Crippen molar-refractivity contribution in [3.8, 4) is 6.07 Å². The van der Waals surface area contributed by atoms with Gasteiger partial charge in [0.2, 0.25) is 5.91 Å². The van der Waals surface area contributed by atoms with Crippen molar-refractivity contribution in [1.82, 2.24) is 15.5 Å². The lowest BCUT2D eigenvalue weighted by atomic mass is 10.0. The molecule has 0 spiro atoms. The van der Waals surface area contributed by atoms with Gasteiger partial charge in [0.15, 0.2) is 0 Å². The van der Waals surface area contributed by atoms with E-state index in [-0.39, 0.29) is 30.2 Å². The summed E-state index contributed by atoms with van der Waals surface area (Å²) in [5, 5.41) is 15.3. The molecule has 0 bridgehead atoms. The van der Waals surface area contributed by atoms with Crippen molar-refractivity contribution >= 4 is 12.0 Å². The highest BCUT2D eigenvalue weighted by Gasteiger charge is 2.43. The minimum atomic E-state index is -0.317. The van der Waals surface area contributed by atoms with Crippen LogP contribution in [0.4, 0.5) is 4.79 Å². The average molecular weight is 362 g/mol. The number of rotatable bonds is 5. The number of nitrogens with one attached hydrogen (secondary N) is 2. The van der Waals surface area contributed by atoms with Crippen LogP contribution < -0.4 is 10.6 Å². The second-order valence-electron chi connectivity index (χ2n) is 8.24. The molecule has 7 heteroatoms. The summed E-state index contributed by atoms with van der Waals surface area (Å²) in [6, 6.07) is 2.41. The van der Waals surface area contributed by atoms with E-state index in [1.54, 1.807) is 4.90 Å². The SMILES string of the molecule is CC(C)NC(=O)O[C@H]1C[C@H]2CC(NCC(=O)N3CCC[C@H]3C#N)C[C@H]2C1. The Morgan fingerprint density at radius 1 is 1.23 bits per heavy atom. The zero-order valence-corrected chi connectivity index (χ0v) is 15.7. The first-order valence-electron chi connectivity index (χ1n) is 9.86. The van der Waals surface area contributed by atoms with Gasteiger partial charge in [-0.2, -0.15) is 5.26 Å². The lowest BCUT2D eigenvalue weighted by molar-refractivity contribution is -0.130. The molecule has 1 heterocycles. The molecule has 1 saturated heterocycles. The van der Waals surface area contributed by atoms with Crippen LogP contribution in [0.3, 0.4) is 0 Å². The van der Waals surface area contributed by atoms with Crippen LogP contribution in [0.25, 0.3) is 0 Å². The first-order valence-corrected chi connectivity index (χ1v) is 9.86. The van der Waals surface area contributed by atoms with Crippen molar-refractivity contribution in [2.45, 2.75) is 76.6 Å². The van der Waals surface area contributed by atoms with E-state index < -0.39 is 0 Å². The Labute approximate surface area is 155 Å². The number of carbonyl (C=O) groups excluding carboxylic acids is 2. The van der Waals surface area contributed by atoms with Gasteiger partial charge in [-0.3, -0.25) is 4.79 Å². The van der Waals surface area contributed by atoms with Crippen LogP contribution in [0.5, 0.6) is 0 Å². The summed E-state index contributed by atoms with van der Waals surface area (Å²) < 4.78 is 5.52. The first-order chi connectivity index (χ1) is 12.5. The number of carbonyl (C=O) groups is 2. The second kappa shape index (κ2) is 8.26. The summed E-state index contributed by atoms with van der Waals surface area (Å²) in [4.78, 5) is 25.8. The minimum absolute atomic E-state index is 0.0207. The quantitative estimate of drug-likeness (QED) is 0.777.